The molecular weight excluding hydrogens is 323 g/mol. The van der Waals surface area contributed by atoms with Crippen LogP contribution in [0.1, 0.15) is 0 Å². The average molecular weight is 323 g/mol. The molecule has 0 aliphatic rings. The van der Waals surface area contributed by atoms with E-state index in [1.807, 2.05) is 0 Å². The van der Waals surface area contributed by atoms with Gasteiger partial charge in [-0.1, -0.05) is 0 Å². The van der Waals surface area contributed by atoms with E-state index in [4.69, 9.17) is 0 Å². The van der Waals surface area contributed by atoms with Crippen molar-refractivity contribution in [3.05, 3.63) is 0 Å². The van der Waals surface area contributed by atoms with Crippen LogP contribution in [0, 0.1) is 0 Å². The van der Waals surface area contributed by atoms with Crippen LogP contribution in [0.25, 0.3) is 0 Å². The second-order valence-electron chi connectivity index (χ2n) is 0. The standard InChI is InChI=1S/Cr.Cu.Fe.Nb.Ni. The quantitative estimate of drug-likeness (QED) is 0.550. The normalized spacial score (nSPS) is 0. The van der Waals surface area contributed by atoms with Crippen molar-refractivity contribution in [1.82, 2.24) is 0 Å². The molecule has 0 saturated carbocycles. The summed E-state index contributed by atoms with van der Waals surface area (Å²) in [5, 5.41) is 0. The van der Waals surface area contributed by atoms with E-state index in [2.05, 4.69) is 0 Å². The molecule has 0 nitrogen and oxygen atoms in total. The minimum Gasteiger partial charge on any atom is 0 e. The largest absolute Gasteiger partial charge is 0 e. The minimum absolute atomic E-state index is 0. The number of hydrogen-bond acceptors (Lipinski definition) is 0. The number of hydrogen-bond donors (Lipinski definition) is 0. The van der Waals surface area contributed by atoms with Crippen LogP contribution in [0.3, 0.4) is 0 Å². The molecule has 0 fully saturated rings. The van der Waals surface area contributed by atoms with Crippen molar-refractivity contribution in [2.45, 2.75) is 0 Å². The van der Waals surface area contributed by atoms with Crippen LogP contribution < -0.4 is 0 Å². The average Bonchev–Trinajstić information content (AvgIpc) is 0. The summed E-state index contributed by atoms with van der Waals surface area (Å²) >= 11 is 0. The Bertz CT molecular complexity index is 11.6. The molecule has 5 heavy (non-hydrogen) atoms. The Morgan fingerprint density at radius 2 is 1.00 bits per heavy atom. The van der Waals surface area contributed by atoms with Crippen molar-refractivity contribution < 1.29 is 90.4 Å². The summed E-state index contributed by atoms with van der Waals surface area (Å²) in [7, 11) is 0. The third kappa shape index (κ3) is 20.0. The van der Waals surface area contributed by atoms with E-state index in [0.29, 0.717) is 0 Å². The van der Waals surface area contributed by atoms with Crippen molar-refractivity contribution >= 4 is 0 Å². The van der Waals surface area contributed by atoms with E-state index >= 15 is 0 Å². The monoisotopic (exact) mass is 322 g/mol. The van der Waals surface area contributed by atoms with Crippen LogP contribution in [-0.4, -0.2) is 0 Å². The summed E-state index contributed by atoms with van der Waals surface area (Å²) in [4.78, 5) is 0. The van der Waals surface area contributed by atoms with Gasteiger partial charge in [0.2, 0.25) is 0 Å². The maximum atomic E-state index is 0. The van der Waals surface area contributed by atoms with Crippen LogP contribution in [0.15, 0.2) is 0 Å². The van der Waals surface area contributed by atoms with Crippen LogP contribution in [0.5, 0.6) is 0 Å². The van der Waals surface area contributed by atoms with Gasteiger partial charge in [0.25, 0.3) is 0 Å². The molecule has 0 amide bonds. The van der Waals surface area contributed by atoms with Crippen molar-refractivity contribution in [1.29, 1.82) is 0 Å². The maximum absolute atomic E-state index is 0. The molecule has 0 heterocycles. The predicted molar refractivity (Wildman–Crippen MR) is 0 cm³/mol. The summed E-state index contributed by atoms with van der Waals surface area (Å²) in [6, 6.07) is 0. The smallest absolute Gasteiger partial charge is 0 e. The second-order valence-corrected chi connectivity index (χ2v) is 0. The van der Waals surface area contributed by atoms with E-state index < -0.39 is 0 Å². The molecule has 0 aliphatic carbocycles. The van der Waals surface area contributed by atoms with E-state index in [1.54, 1.807) is 0 Å². The molecule has 0 atom stereocenters. The molecule has 0 aromatic rings. The summed E-state index contributed by atoms with van der Waals surface area (Å²) in [5.74, 6) is 0. The molecule has 0 bridgehead atoms. The fourth-order valence-electron chi connectivity index (χ4n) is 0. The van der Waals surface area contributed by atoms with Crippen LogP contribution in [0.2, 0.25) is 0 Å². The van der Waals surface area contributed by atoms with E-state index in [-0.39, 0.29) is 90.4 Å². The zero-order valence-corrected chi connectivity index (χ0v) is 8.33. The summed E-state index contributed by atoms with van der Waals surface area (Å²) < 4.78 is 0. The third-order valence-corrected chi connectivity index (χ3v) is 0. The third-order valence-electron chi connectivity index (χ3n) is 0. The zero-order chi connectivity index (χ0) is 0. The van der Waals surface area contributed by atoms with Crippen LogP contribution in [0.4, 0.5) is 0 Å². The Hall–Kier alpha value is 2.81. The topological polar surface area (TPSA) is 0 Å². The fourth-order valence-corrected chi connectivity index (χ4v) is 0. The molecule has 0 rings (SSSR count). The van der Waals surface area contributed by atoms with E-state index in [0.717, 1.165) is 0 Å². The first kappa shape index (κ1) is 45.9. The van der Waals surface area contributed by atoms with Crippen molar-refractivity contribution in [2.75, 3.05) is 0 Å². The Balaban J connectivity index is 0. The van der Waals surface area contributed by atoms with Gasteiger partial charge in [-0.2, -0.15) is 0 Å². The molecule has 0 aliphatic heterocycles. The van der Waals surface area contributed by atoms with Crippen molar-refractivity contribution in [2.24, 2.45) is 0 Å². The Morgan fingerprint density at radius 1 is 1.00 bits per heavy atom. The van der Waals surface area contributed by atoms with Crippen LogP contribution >= 0.6 is 0 Å². The van der Waals surface area contributed by atoms with Gasteiger partial charge in [0.05, 0.1) is 0 Å². The van der Waals surface area contributed by atoms with Gasteiger partial charge in [-0.3, -0.25) is 0 Å². The molecular formula is CrCuFeNbNi. The van der Waals surface area contributed by atoms with Gasteiger partial charge in [0.15, 0.2) is 0 Å². The number of rotatable bonds is 0. The molecule has 2 radical (unpaired) electrons. The first-order valence-corrected chi connectivity index (χ1v) is 0. The Kier molecular flexibility index (Phi) is 268. The Labute approximate surface area is 89.1 Å². The Morgan fingerprint density at radius 3 is 1.00 bits per heavy atom. The van der Waals surface area contributed by atoms with Gasteiger partial charge < -0.3 is 0 Å². The van der Waals surface area contributed by atoms with Gasteiger partial charge in [-0.05, 0) is 0 Å². The molecule has 0 saturated heterocycles. The maximum Gasteiger partial charge on any atom is 0 e. The summed E-state index contributed by atoms with van der Waals surface area (Å²) in [5.41, 5.74) is 0. The van der Waals surface area contributed by atoms with E-state index in [1.165, 1.54) is 0 Å². The SMILES string of the molecule is [Cr].[Cu].[Fe].[Nb].[Ni]. The van der Waals surface area contributed by atoms with Crippen molar-refractivity contribution in [3.8, 4) is 0 Å². The minimum atomic E-state index is 0. The van der Waals surface area contributed by atoms with Gasteiger partial charge in [0, 0.05) is 90.4 Å². The first-order valence-electron chi connectivity index (χ1n) is 0. The second kappa shape index (κ2) is 29.1. The molecule has 40 valence electrons. The predicted octanol–water partition coefficient (Wildman–Crippen LogP) is -0.0125. The molecule has 0 aromatic carbocycles. The molecule has 0 unspecified atom stereocenters. The van der Waals surface area contributed by atoms with Crippen molar-refractivity contribution in [3.63, 3.8) is 0 Å². The van der Waals surface area contributed by atoms with Gasteiger partial charge in [-0.15, -0.1) is 0 Å². The summed E-state index contributed by atoms with van der Waals surface area (Å²) in [6.07, 6.45) is 0. The molecule has 0 aromatic heterocycles. The molecule has 5 heteroatoms. The summed E-state index contributed by atoms with van der Waals surface area (Å²) in [6.45, 7) is 0. The first-order chi connectivity index (χ1) is 0. The van der Waals surface area contributed by atoms with E-state index in [9.17, 15) is 0 Å². The van der Waals surface area contributed by atoms with Gasteiger partial charge >= 0.3 is 0 Å². The molecule has 0 spiro atoms. The zero-order valence-electron chi connectivity index (χ0n) is 1.83. The van der Waals surface area contributed by atoms with Crippen LogP contribution in [-0.2, 0) is 90.4 Å². The van der Waals surface area contributed by atoms with Gasteiger partial charge in [-0.25, -0.2) is 0 Å². The molecule has 0 N–H and O–H groups in total. The fraction of sp³-hybridized carbons (Fsp3) is 0. The van der Waals surface area contributed by atoms with Gasteiger partial charge in [0.1, 0.15) is 0 Å².